The highest BCUT2D eigenvalue weighted by Gasteiger charge is 2.09. The molecule has 14 heavy (non-hydrogen) atoms. The molecule has 0 saturated carbocycles. The molecule has 0 heterocycles. The molecule has 0 aromatic heterocycles. The minimum atomic E-state index is -2.81. The second kappa shape index (κ2) is 7.23. The van der Waals surface area contributed by atoms with Gasteiger partial charge in [-0.1, -0.05) is 20.3 Å². The number of sulfone groups is 1. The molecule has 0 aliphatic rings. The molecule has 86 valence electrons. The van der Waals surface area contributed by atoms with Crippen molar-refractivity contribution in [3.63, 3.8) is 0 Å². The number of hydrogen-bond donors (Lipinski definition) is 1. The maximum atomic E-state index is 11.4. The predicted octanol–water partition coefficient (Wildman–Crippen LogP) is 1.59. The molecule has 0 bridgehead atoms. The maximum Gasteiger partial charge on any atom is 0.151 e. The Balaban J connectivity index is 3.66. The van der Waals surface area contributed by atoms with E-state index in [0.29, 0.717) is 18.3 Å². The van der Waals surface area contributed by atoms with Crippen LogP contribution in [0, 0.1) is 0 Å². The SMILES string of the molecule is CCCCS(=O)(=O)CCNC(C)CC. The van der Waals surface area contributed by atoms with Gasteiger partial charge in [-0.05, 0) is 19.8 Å². The fourth-order valence-corrected chi connectivity index (χ4v) is 2.43. The van der Waals surface area contributed by atoms with Crippen molar-refractivity contribution in [2.24, 2.45) is 0 Å². The molecule has 0 amide bonds. The van der Waals surface area contributed by atoms with Crippen LogP contribution in [0.4, 0.5) is 0 Å². The van der Waals surface area contributed by atoms with Gasteiger partial charge in [-0.25, -0.2) is 8.42 Å². The van der Waals surface area contributed by atoms with Gasteiger partial charge >= 0.3 is 0 Å². The second-order valence-electron chi connectivity index (χ2n) is 3.77. The highest BCUT2D eigenvalue weighted by atomic mass is 32.2. The molecule has 0 rings (SSSR count). The van der Waals surface area contributed by atoms with E-state index in [-0.39, 0.29) is 5.75 Å². The average molecular weight is 221 g/mol. The standard InChI is InChI=1S/C10H23NO2S/c1-4-6-8-14(12,13)9-7-11-10(3)5-2/h10-11H,4-9H2,1-3H3. The first-order valence-electron chi connectivity index (χ1n) is 5.45. The summed E-state index contributed by atoms with van der Waals surface area (Å²) in [6.07, 6.45) is 2.76. The Bertz CT molecular complexity index is 224. The van der Waals surface area contributed by atoms with E-state index in [0.717, 1.165) is 19.3 Å². The Labute approximate surface area is 88.2 Å². The van der Waals surface area contributed by atoms with Crippen LogP contribution in [0.15, 0.2) is 0 Å². The molecular formula is C10H23NO2S. The zero-order valence-electron chi connectivity index (χ0n) is 9.54. The molecule has 0 fully saturated rings. The molecule has 0 spiro atoms. The van der Waals surface area contributed by atoms with Gasteiger partial charge in [0, 0.05) is 12.6 Å². The summed E-state index contributed by atoms with van der Waals surface area (Å²) < 4.78 is 22.8. The van der Waals surface area contributed by atoms with Crippen molar-refractivity contribution in [3.8, 4) is 0 Å². The Kier molecular flexibility index (Phi) is 7.19. The number of nitrogens with one attached hydrogen (secondary N) is 1. The normalized spacial score (nSPS) is 14.2. The lowest BCUT2D eigenvalue weighted by atomic mass is 10.3. The smallest absolute Gasteiger partial charge is 0.151 e. The summed E-state index contributed by atoms with van der Waals surface area (Å²) in [4.78, 5) is 0. The quantitative estimate of drug-likeness (QED) is 0.677. The van der Waals surface area contributed by atoms with E-state index in [2.05, 4.69) is 19.2 Å². The third kappa shape index (κ3) is 7.33. The van der Waals surface area contributed by atoms with Gasteiger partial charge in [-0.3, -0.25) is 0 Å². The molecule has 0 aromatic carbocycles. The zero-order chi connectivity index (χ0) is 11.0. The Morgan fingerprint density at radius 3 is 2.36 bits per heavy atom. The molecule has 0 saturated heterocycles. The van der Waals surface area contributed by atoms with Crippen molar-refractivity contribution < 1.29 is 8.42 Å². The lowest BCUT2D eigenvalue weighted by Crippen LogP contribution is -2.31. The molecule has 4 heteroatoms. The number of unbranched alkanes of at least 4 members (excludes halogenated alkanes) is 1. The number of rotatable bonds is 8. The molecular weight excluding hydrogens is 198 g/mol. The monoisotopic (exact) mass is 221 g/mol. The van der Waals surface area contributed by atoms with Gasteiger partial charge < -0.3 is 5.32 Å². The molecule has 1 atom stereocenters. The van der Waals surface area contributed by atoms with Crippen LogP contribution < -0.4 is 5.32 Å². The van der Waals surface area contributed by atoms with E-state index < -0.39 is 9.84 Å². The summed E-state index contributed by atoms with van der Waals surface area (Å²) in [5.74, 6) is 0.614. The molecule has 1 N–H and O–H groups in total. The van der Waals surface area contributed by atoms with Gasteiger partial charge in [-0.2, -0.15) is 0 Å². The summed E-state index contributed by atoms with van der Waals surface area (Å²) in [6.45, 7) is 6.75. The number of hydrogen-bond acceptors (Lipinski definition) is 3. The van der Waals surface area contributed by atoms with Gasteiger partial charge in [0.1, 0.15) is 0 Å². The fraction of sp³-hybridized carbons (Fsp3) is 1.00. The van der Waals surface area contributed by atoms with Crippen LogP contribution in [0.5, 0.6) is 0 Å². The Morgan fingerprint density at radius 1 is 1.21 bits per heavy atom. The topological polar surface area (TPSA) is 46.2 Å². The minimum Gasteiger partial charge on any atom is -0.313 e. The first kappa shape index (κ1) is 13.9. The van der Waals surface area contributed by atoms with Crippen LogP contribution in [0.3, 0.4) is 0 Å². The van der Waals surface area contributed by atoms with Gasteiger partial charge in [0.15, 0.2) is 9.84 Å². The molecule has 1 unspecified atom stereocenters. The Morgan fingerprint density at radius 2 is 1.86 bits per heavy atom. The highest BCUT2D eigenvalue weighted by molar-refractivity contribution is 7.91. The predicted molar refractivity (Wildman–Crippen MR) is 61.3 cm³/mol. The summed E-state index contributed by atoms with van der Waals surface area (Å²) in [6, 6.07) is 0.413. The summed E-state index contributed by atoms with van der Waals surface area (Å²) in [5.41, 5.74) is 0. The van der Waals surface area contributed by atoms with Crippen molar-refractivity contribution in [2.45, 2.75) is 46.1 Å². The van der Waals surface area contributed by atoms with Crippen molar-refractivity contribution in [1.29, 1.82) is 0 Å². The molecule has 0 aliphatic carbocycles. The van der Waals surface area contributed by atoms with Crippen LogP contribution in [0.2, 0.25) is 0 Å². The third-order valence-electron chi connectivity index (χ3n) is 2.33. The third-order valence-corrected chi connectivity index (χ3v) is 4.06. The second-order valence-corrected chi connectivity index (χ2v) is 6.07. The summed E-state index contributed by atoms with van der Waals surface area (Å²) >= 11 is 0. The van der Waals surface area contributed by atoms with Crippen molar-refractivity contribution in [2.75, 3.05) is 18.1 Å². The lowest BCUT2D eigenvalue weighted by molar-refractivity contribution is 0.544. The molecule has 0 radical (unpaired) electrons. The largest absolute Gasteiger partial charge is 0.313 e. The van der Waals surface area contributed by atoms with E-state index in [1.54, 1.807) is 0 Å². The molecule has 3 nitrogen and oxygen atoms in total. The van der Waals surface area contributed by atoms with E-state index in [1.807, 2.05) is 6.92 Å². The molecule has 0 aliphatic heterocycles. The van der Waals surface area contributed by atoms with Crippen LogP contribution in [-0.4, -0.2) is 32.5 Å². The molecule has 0 aromatic rings. The van der Waals surface area contributed by atoms with Crippen molar-refractivity contribution in [3.05, 3.63) is 0 Å². The van der Waals surface area contributed by atoms with E-state index >= 15 is 0 Å². The Hall–Kier alpha value is -0.0900. The van der Waals surface area contributed by atoms with Gasteiger partial charge in [0.05, 0.1) is 11.5 Å². The first-order chi connectivity index (χ1) is 6.52. The van der Waals surface area contributed by atoms with Crippen LogP contribution >= 0.6 is 0 Å². The first-order valence-corrected chi connectivity index (χ1v) is 7.27. The zero-order valence-corrected chi connectivity index (χ0v) is 10.4. The minimum absolute atomic E-state index is 0.275. The summed E-state index contributed by atoms with van der Waals surface area (Å²) in [5, 5.41) is 3.19. The highest BCUT2D eigenvalue weighted by Crippen LogP contribution is 1.97. The van der Waals surface area contributed by atoms with Gasteiger partial charge in [0.2, 0.25) is 0 Å². The van der Waals surface area contributed by atoms with E-state index in [9.17, 15) is 8.42 Å². The summed E-state index contributed by atoms with van der Waals surface area (Å²) in [7, 11) is -2.81. The van der Waals surface area contributed by atoms with Crippen molar-refractivity contribution in [1.82, 2.24) is 5.32 Å². The van der Waals surface area contributed by atoms with Crippen LogP contribution in [-0.2, 0) is 9.84 Å². The fourth-order valence-electron chi connectivity index (χ4n) is 1.07. The van der Waals surface area contributed by atoms with Crippen LogP contribution in [0.25, 0.3) is 0 Å². The van der Waals surface area contributed by atoms with E-state index in [1.165, 1.54) is 0 Å². The van der Waals surface area contributed by atoms with Gasteiger partial charge in [0.25, 0.3) is 0 Å². The maximum absolute atomic E-state index is 11.4. The van der Waals surface area contributed by atoms with Crippen molar-refractivity contribution >= 4 is 9.84 Å². The van der Waals surface area contributed by atoms with Gasteiger partial charge in [-0.15, -0.1) is 0 Å². The lowest BCUT2D eigenvalue weighted by Gasteiger charge is -2.10. The average Bonchev–Trinajstić information content (AvgIpc) is 2.14. The van der Waals surface area contributed by atoms with Crippen LogP contribution in [0.1, 0.15) is 40.0 Å². The van der Waals surface area contributed by atoms with E-state index in [4.69, 9.17) is 0 Å².